The number of fused-ring (bicyclic) bond motifs is 5. The lowest BCUT2D eigenvalue weighted by Gasteiger charge is -2.17. The lowest BCUT2D eigenvalue weighted by Crippen LogP contribution is -2.15. The van der Waals surface area contributed by atoms with Crippen molar-refractivity contribution in [3.8, 4) is 0 Å². The monoisotopic (exact) mass is 552 g/mol. The second-order valence-electron chi connectivity index (χ2n) is 11.0. The third-order valence-electron chi connectivity index (χ3n) is 8.75. The van der Waals surface area contributed by atoms with Crippen molar-refractivity contribution in [2.75, 3.05) is 7.11 Å². The molecule has 1 aliphatic carbocycles. The number of aliphatic carboxylic acids is 1. The number of nitrogens with zero attached hydrogens (tertiary/aromatic N) is 3. The summed E-state index contributed by atoms with van der Waals surface area (Å²) in [6, 6.07) is 0. The molecule has 210 valence electrons. The van der Waals surface area contributed by atoms with Crippen LogP contribution in [0.4, 0.5) is 0 Å². The van der Waals surface area contributed by atoms with E-state index in [1.807, 2.05) is 25.2 Å². The third-order valence-corrected chi connectivity index (χ3v) is 8.75. The Labute approximate surface area is 238 Å². The molecule has 41 heavy (non-hydrogen) atoms. The van der Waals surface area contributed by atoms with E-state index in [1.165, 1.54) is 7.11 Å². The molecule has 2 atom stereocenters. The fourth-order valence-electron chi connectivity index (χ4n) is 6.45. The minimum absolute atomic E-state index is 0.0323. The van der Waals surface area contributed by atoms with Crippen LogP contribution in [-0.4, -0.2) is 46.4 Å². The van der Waals surface area contributed by atoms with Crippen molar-refractivity contribution in [1.29, 1.82) is 0 Å². The minimum atomic E-state index is -1.04. The summed E-state index contributed by atoms with van der Waals surface area (Å²) in [6.07, 6.45) is 9.32. The van der Waals surface area contributed by atoms with Gasteiger partial charge in [-0.05, 0) is 67.7 Å². The number of aliphatic imine (C=N–C) groups is 3. The fraction of sp³-hybridized carbons (Fsp3) is 0.344. The van der Waals surface area contributed by atoms with Crippen LogP contribution in [0.2, 0.25) is 0 Å². The molecule has 6 rings (SSSR count). The van der Waals surface area contributed by atoms with E-state index in [4.69, 9.17) is 19.7 Å². The van der Waals surface area contributed by atoms with E-state index in [2.05, 4.69) is 19.2 Å². The van der Waals surface area contributed by atoms with Gasteiger partial charge in [-0.2, -0.15) is 0 Å². The maximum absolute atomic E-state index is 12.4. The predicted octanol–water partition coefficient (Wildman–Crippen LogP) is 5.31. The van der Waals surface area contributed by atoms with Crippen LogP contribution in [0.1, 0.15) is 53.4 Å². The Balaban J connectivity index is 1.58. The average Bonchev–Trinajstić information content (AvgIpc) is 3.70. The molecule has 3 N–H and O–H groups in total. The molecule has 6 aliphatic rings. The molecule has 5 aliphatic heterocycles. The Kier molecular flexibility index (Phi) is 6.40. The van der Waals surface area contributed by atoms with E-state index in [9.17, 15) is 19.8 Å². The van der Waals surface area contributed by atoms with Crippen molar-refractivity contribution in [2.24, 2.45) is 26.8 Å². The van der Waals surface area contributed by atoms with Gasteiger partial charge in [0.1, 0.15) is 5.76 Å². The van der Waals surface area contributed by atoms with Crippen LogP contribution < -0.4 is 5.32 Å². The Morgan fingerprint density at radius 2 is 1.78 bits per heavy atom. The van der Waals surface area contributed by atoms with Crippen molar-refractivity contribution in [1.82, 2.24) is 5.32 Å². The van der Waals surface area contributed by atoms with Gasteiger partial charge in [-0.3, -0.25) is 4.79 Å². The van der Waals surface area contributed by atoms with Crippen molar-refractivity contribution < 1.29 is 24.5 Å². The molecule has 0 radical (unpaired) electrons. The first kappa shape index (κ1) is 26.7. The second kappa shape index (κ2) is 9.83. The number of hydrogen-bond donors (Lipinski definition) is 3. The van der Waals surface area contributed by atoms with Crippen LogP contribution in [0.3, 0.4) is 0 Å². The zero-order valence-corrected chi connectivity index (χ0v) is 23.8. The maximum Gasteiger partial charge on any atom is 0.338 e. The van der Waals surface area contributed by atoms with Crippen LogP contribution in [0, 0.1) is 11.8 Å². The zero-order valence-electron chi connectivity index (χ0n) is 23.8. The van der Waals surface area contributed by atoms with Gasteiger partial charge in [0.05, 0.1) is 46.9 Å². The molecule has 0 saturated carbocycles. The molecule has 0 aromatic rings. The molecule has 0 amide bonds. The molecule has 1 fully saturated rings. The fourth-order valence-corrected chi connectivity index (χ4v) is 6.45. The first-order valence-electron chi connectivity index (χ1n) is 13.9. The number of rotatable bonds is 5. The largest absolute Gasteiger partial charge is 0.511 e. The topological polar surface area (TPSA) is 133 Å². The Morgan fingerprint density at radius 3 is 2.49 bits per heavy atom. The van der Waals surface area contributed by atoms with Gasteiger partial charge in [0, 0.05) is 47.2 Å². The summed E-state index contributed by atoms with van der Waals surface area (Å²) >= 11 is 0. The lowest BCUT2D eigenvalue weighted by atomic mass is 9.86. The van der Waals surface area contributed by atoms with Crippen LogP contribution >= 0.6 is 0 Å². The first-order chi connectivity index (χ1) is 19.6. The van der Waals surface area contributed by atoms with Crippen molar-refractivity contribution in [3.63, 3.8) is 0 Å². The van der Waals surface area contributed by atoms with Gasteiger partial charge in [0.25, 0.3) is 0 Å². The second-order valence-corrected chi connectivity index (χ2v) is 11.0. The number of carboxylic acids is 1. The van der Waals surface area contributed by atoms with Gasteiger partial charge in [-0.1, -0.05) is 13.8 Å². The predicted molar refractivity (Wildman–Crippen MR) is 156 cm³/mol. The summed E-state index contributed by atoms with van der Waals surface area (Å²) in [6.45, 7) is 7.90. The first-order valence-corrected chi connectivity index (χ1v) is 13.9. The minimum Gasteiger partial charge on any atom is -0.511 e. The number of carboxylic acid groups (broad SMARTS) is 1. The van der Waals surface area contributed by atoms with Crippen LogP contribution in [-0.2, 0) is 14.3 Å². The smallest absolute Gasteiger partial charge is 0.338 e. The van der Waals surface area contributed by atoms with Crippen molar-refractivity contribution >= 4 is 29.1 Å². The molecule has 9 heteroatoms. The summed E-state index contributed by atoms with van der Waals surface area (Å²) in [5, 5.41) is 24.7. The summed E-state index contributed by atoms with van der Waals surface area (Å²) < 4.78 is 4.92. The molecule has 9 nitrogen and oxygen atoms in total. The number of allylic oxidation sites excluding steroid dienone is 11. The highest BCUT2D eigenvalue weighted by atomic mass is 16.5. The number of aliphatic hydroxyl groups is 1. The number of hydrogen-bond acceptors (Lipinski definition) is 8. The molecule has 8 bridgehead atoms. The number of esters is 1. The highest BCUT2D eigenvalue weighted by molar-refractivity contribution is 6.21. The van der Waals surface area contributed by atoms with Gasteiger partial charge >= 0.3 is 11.9 Å². The third kappa shape index (κ3) is 4.27. The van der Waals surface area contributed by atoms with E-state index < -0.39 is 5.97 Å². The highest BCUT2D eigenvalue weighted by Crippen LogP contribution is 2.44. The van der Waals surface area contributed by atoms with Gasteiger partial charge < -0.3 is 20.3 Å². The Bertz CT molecular complexity index is 1680. The van der Waals surface area contributed by atoms with Gasteiger partial charge in [0.15, 0.2) is 0 Å². The Hall–Kier alpha value is -4.53. The molecular weight excluding hydrogens is 520 g/mol. The van der Waals surface area contributed by atoms with Gasteiger partial charge in [-0.15, -0.1) is 0 Å². The van der Waals surface area contributed by atoms with E-state index in [0.29, 0.717) is 46.8 Å². The standard InChI is InChI=1S/C32H32N4O5/c1-6-18-14(2)22-13-26-29(32(39)40)16(4)24(35-26)12-23-15(3)19(7-8-28(38)41-5)30(36-23)21-11-27(37)20-9-17(33-31(20)21)10-25(18)34-22/h9-10,12-13,15,19,36-37H,6-8,11H2,1-5H3,(H,39,40)/t15-,19-/m0/s1. The van der Waals surface area contributed by atoms with E-state index in [0.717, 1.165) is 45.9 Å². The Morgan fingerprint density at radius 1 is 1.05 bits per heavy atom. The summed E-state index contributed by atoms with van der Waals surface area (Å²) in [5.41, 5.74) is 9.90. The number of carbonyl (C=O) groups excluding carboxylic acids is 1. The molecule has 0 spiro atoms. The molecule has 1 saturated heterocycles. The highest BCUT2D eigenvalue weighted by Gasteiger charge is 2.40. The number of carbonyl (C=O) groups is 2. The number of nitrogens with one attached hydrogen (secondary N) is 1. The van der Waals surface area contributed by atoms with Crippen molar-refractivity contribution in [3.05, 3.63) is 92.0 Å². The average molecular weight is 553 g/mol. The zero-order chi connectivity index (χ0) is 29.2. The van der Waals surface area contributed by atoms with Gasteiger partial charge in [-0.25, -0.2) is 19.8 Å². The maximum atomic E-state index is 12.4. The van der Waals surface area contributed by atoms with Crippen LogP contribution in [0.25, 0.3) is 0 Å². The number of ether oxygens (including phenoxy) is 1. The van der Waals surface area contributed by atoms with Crippen LogP contribution in [0.15, 0.2) is 107 Å². The summed E-state index contributed by atoms with van der Waals surface area (Å²) in [4.78, 5) is 39.1. The van der Waals surface area contributed by atoms with Crippen molar-refractivity contribution in [2.45, 2.75) is 53.4 Å². The lowest BCUT2D eigenvalue weighted by molar-refractivity contribution is -0.141. The molecule has 0 unspecified atom stereocenters. The van der Waals surface area contributed by atoms with E-state index in [-0.39, 0.29) is 35.6 Å². The molecular formula is C32H32N4O5. The molecule has 0 aromatic carbocycles. The number of methoxy groups -OCH3 is 1. The van der Waals surface area contributed by atoms with Crippen LogP contribution in [0.5, 0.6) is 0 Å². The molecule has 5 heterocycles. The SMILES string of the molecule is CCC1=C(C)C2=NC1=CC1=CC3=C(O)CC(=C4NC(=CC5=NC(=C2)C(C(=O)O)=C5C)[C@@H](C)[C@@H]4CCC(=O)OC)C3=N1. The summed E-state index contributed by atoms with van der Waals surface area (Å²) in [7, 11) is 1.38. The number of aliphatic hydroxyl groups excluding tert-OH is 1. The van der Waals surface area contributed by atoms with Gasteiger partial charge in [0.2, 0.25) is 0 Å². The molecule has 0 aromatic heterocycles. The van der Waals surface area contributed by atoms with E-state index in [1.54, 1.807) is 13.0 Å². The van der Waals surface area contributed by atoms with E-state index >= 15 is 0 Å². The normalized spacial score (nSPS) is 24.7. The summed E-state index contributed by atoms with van der Waals surface area (Å²) in [5.74, 6) is -1.17. The quantitative estimate of drug-likeness (QED) is 0.396.